The van der Waals surface area contributed by atoms with Gasteiger partial charge in [-0.25, -0.2) is 9.78 Å². The molecule has 3 aromatic rings. The summed E-state index contributed by atoms with van der Waals surface area (Å²) in [5.41, 5.74) is 8.54. The molecule has 1 aromatic heterocycles. The number of rotatable bonds is 3. The third-order valence-corrected chi connectivity index (χ3v) is 3.32. The molecule has 0 aliphatic carbocycles. The Morgan fingerprint density at radius 2 is 1.82 bits per heavy atom. The lowest BCUT2D eigenvalue weighted by Crippen LogP contribution is -2.12. The van der Waals surface area contributed by atoms with Gasteiger partial charge >= 0.3 is 0 Å². The van der Waals surface area contributed by atoms with Gasteiger partial charge in [-0.2, -0.15) is 4.99 Å². The SMILES string of the molecule is NC(=O)c1cc(-c2ccc(N=C=O)cc2)nc2ccccc12. The van der Waals surface area contributed by atoms with Gasteiger partial charge in [0.2, 0.25) is 12.0 Å². The molecule has 0 aliphatic heterocycles. The topological polar surface area (TPSA) is 85.4 Å². The Labute approximate surface area is 126 Å². The third kappa shape index (κ3) is 2.49. The van der Waals surface area contributed by atoms with Crippen LogP contribution in [0.2, 0.25) is 0 Å². The number of carbonyl (C=O) groups is 1. The number of pyridine rings is 1. The number of nitrogens with two attached hydrogens (primary N) is 1. The first-order chi connectivity index (χ1) is 10.7. The predicted molar refractivity (Wildman–Crippen MR) is 83.5 cm³/mol. The van der Waals surface area contributed by atoms with E-state index in [0.717, 1.165) is 10.9 Å². The van der Waals surface area contributed by atoms with E-state index in [1.54, 1.807) is 30.3 Å². The molecule has 22 heavy (non-hydrogen) atoms. The van der Waals surface area contributed by atoms with Gasteiger partial charge in [0.05, 0.1) is 22.5 Å². The number of benzene rings is 2. The van der Waals surface area contributed by atoms with Crippen molar-refractivity contribution in [1.82, 2.24) is 4.98 Å². The fraction of sp³-hybridized carbons (Fsp3) is 0. The van der Waals surface area contributed by atoms with E-state index in [9.17, 15) is 9.59 Å². The molecular weight excluding hydrogens is 278 g/mol. The van der Waals surface area contributed by atoms with Crippen LogP contribution in [0.5, 0.6) is 0 Å². The normalized spacial score (nSPS) is 10.2. The zero-order chi connectivity index (χ0) is 15.5. The molecule has 0 radical (unpaired) electrons. The Morgan fingerprint density at radius 3 is 2.50 bits per heavy atom. The lowest BCUT2D eigenvalue weighted by Gasteiger charge is -2.07. The second kappa shape index (κ2) is 5.60. The lowest BCUT2D eigenvalue weighted by molar-refractivity contribution is 0.100. The van der Waals surface area contributed by atoms with Gasteiger partial charge in [0.15, 0.2) is 0 Å². The molecule has 1 amide bonds. The molecule has 0 saturated carbocycles. The van der Waals surface area contributed by atoms with E-state index in [1.807, 2.05) is 24.3 Å². The number of carbonyl (C=O) groups excluding carboxylic acids is 2. The van der Waals surface area contributed by atoms with Crippen molar-refractivity contribution >= 4 is 28.6 Å². The lowest BCUT2D eigenvalue weighted by atomic mass is 10.0. The number of isocyanates is 1. The fourth-order valence-corrected chi connectivity index (χ4v) is 2.29. The smallest absolute Gasteiger partial charge is 0.249 e. The molecule has 106 valence electrons. The van der Waals surface area contributed by atoms with Crippen LogP contribution in [0.1, 0.15) is 10.4 Å². The molecule has 0 bridgehead atoms. The number of hydrogen-bond donors (Lipinski definition) is 1. The minimum absolute atomic E-state index is 0.426. The number of primary amides is 1. The molecular formula is C17H11N3O2. The summed E-state index contributed by atoms with van der Waals surface area (Å²) in [6, 6.07) is 15.9. The molecule has 1 heterocycles. The van der Waals surface area contributed by atoms with E-state index in [1.165, 1.54) is 6.08 Å². The summed E-state index contributed by atoms with van der Waals surface area (Å²) in [5, 5.41) is 0.723. The maximum absolute atomic E-state index is 11.7. The summed E-state index contributed by atoms with van der Waals surface area (Å²) in [6.45, 7) is 0. The van der Waals surface area contributed by atoms with Gasteiger partial charge in [0.1, 0.15) is 0 Å². The Balaban J connectivity index is 2.18. The molecule has 0 spiro atoms. The highest BCUT2D eigenvalue weighted by Crippen LogP contribution is 2.26. The maximum Gasteiger partial charge on any atom is 0.249 e. The van der Waals surface area contributed by atoms with Gasteiger partial charge in [-0.3, -0.25) is 4.79 Å². The summed E-state index contributed by atoms with van der Waals surface area (Å²) in [4.78, 5) is 30.0. The summed E-state index contributed by atoms with van der Waals surface area (Å²) < 4.78 is 0. The number of aliphatic imine (C=N–C) groups is 1. The van der Waals surface area contributed by atoms with Crippen molar-refractivity contribution in [1.29, 1.82) is 0 Å². The van der Waals surface area contributed by atoms with Crippen LogP contribution in [0.15, 0.2) is 59.6 Å². The highest BCUT2D eigenvalue weighted by atomic mass is 16.1. The van der Waals surface area contributed by atoms with Crippen LogP contribution < -0.4 is 5.73 Å². The van der Waals surface area contributed by atoms with Crippen molar-refractivity contribution in [3.05, 3.63) is 60.2 Å². The number of nitrogens with zero attached hydrogens (tertiary/aromatic N) is 2. The van der Waals surface area contributed by atoms with Crippen molar-refractivity contribution < 1.29 is 9.59 Å². The molecule has 3 rings (SSSR count). The van der Waals surface area contributed by atoms with E-state index in [2.05, 4.69) is 9.98 Å². The maximum atomic E-state index is 11.7. The standard InChI is InChI=1S/C17H11N3O2/c18-17(22)14-9-16(20-15-4-2-1-3-13(14)15)11-5-7-12(8-6-11)19-10-21/h1-9H,(H2,18,22). The number of amides is 1. The van der Waals surface area contributed by atoms with E-state index < -0.39 is 5.91 Å². The van der Waals surface area contributed by atoms with Gasteiger partial charge in [-0.15, -0.1) is 0 Å². The monoisotopic (exact) mass is 289 g/mol. The van der Waals surface area contributed by atoms with Crippen LogP contribution in [0, 0.1) is 0 Å². The predicted octanol–water partition coefficient (Wildman–Crippen LogP) is 2.97. The zero-order valence-electron chi connectivity index (χ0n) is 11.5. The van der Waals surface area contributed by atoms with E-state index in [0.29, 0.717) is 22.5 Å². The van der Waals surface area contributed by atoms with Gasteiger partial charge < -0.3 is 5.73 Å². The Morgan fingerprint density at radius 1 is 1.09 bits per heavy atom. The van der Waals surface area contributed by atoms with Gasteiger partial charge in [-0.1, -0.05) is 30.3 Å². The number of fused-ring (bicyclic) bond motifs is 1. The van der Waals surface area contributed by atoms with Crippen molar-refractivity contribution in [2.24, 2.45) is 10.7 Å². The Kier molecular flexibility index (Phi) is 3.48. The van der Waals surface area contributed by atoms with Crippen LogP contribution in [-0.2, 0) is 4.79 Å². The number of para-hydroxylation sites is 1. The first kappa shape index (κ1) is 13.7. The molecule has 0 saturated heterocycles. The quantitative estimate of drug-likeness (QED) is 0.594. The number of hydrogen-bond acceptors (Lipinski definition) is 4. The van der Waals surface area contributed by atoms with Crippen LogP contribution in [0.25, 0.3) is 22.2 Å². The molecule has 0 atom stereocenters. The van der Waals surface area contributed by atoms with Crippen molar-refractivity contribution in [2.75, 3.05) is 0 Å². The second-order valence-electron chi connectivity index (χ2n) is 4.69. The summed E-state index contributed by atoms with van der Waals surface area (Å²) in [5.74, 6) is -0.498. The van der Waals surface area contributed by atoms with Gasteiger partial charge in [0.25, 0.3) is 0 Å². The Hall–Kier alpha value is -3.30. The van der Waals surface area contributed by atoms with Crippen LogP contribution in [0.4, 0.5) is 5.69 Å². The van der Waals surface area contributed by atoms with Crippen molar-refractivity contribution in [3.63, 3.8) is 0 Å². The van der Waals surface area contributed by atoms with Crippen LogP contribution >= 0.6 is 0 Å². The molecule has 0 aliphatic rings. The second-order valence-corrected chi connectivity index (χ2v) is 4.69. The summed E-state index contributed by atoms with van der Waals surface area (Å²) >= 11 is 0. The van der Waals surface area contributed by atoms with Gasteiger partial charge in [-0.05, 0) is 24.3 Å². The van der Waals surface area contributed by atoms with E-state index in [-0.39, 0.29) is 0 Å². The molecule has 0 fully saturated rings. The summed E-state index contributed by atoms with van der Waals surface area (Å²) in [7, 11) is 0. The third-order valence-electron chi connectivity index (χ3n) is 3.32. The van der Waals surface area contributed by atoms with E-state index in [4.69, 9.17) is 5.73 Å². The summed E-state index contributed by atoms with van der Waals surface area (Å²) in [6.07, 6.45) is 1.49. The molecule has 5 nitrogen and oxygen atoms in total. The van der Waals surface area contributed by atoms with Crippen LogP contribution in [-0.4, -0.2) is 17.0 Å². The first-order valence-corrected chi connectivity index (χ1v) is 6.57. The zero-order valence-corrected chi connectivity index (χ0v) is 11.5. The fourth-order valence-electron chi connectivity index (χ4n) is 2.29. The molecule has 5 heteroatoms. The van der Waals surface area contributed by atoms with E-state index >= 15 is 0 Å². The highest BCUT2D eigenvalue weighted by Gasteiger charge is 2.11. The average Bonchev–Trinajstić information content (AvgIpc) is 2.54. The first-order valence-electron chi connectivity index (χ1n) is 6.57. The van der Waals surface area contributed by atoms with Crippen molar-refractivity contribution in [2.45, 2.75) is 0 Å². The minimum Gasteiger partial charge on any atom is -0.366 e. The van der Waals surface area contributed by atoms with Crippen molar-refractivity contribution in [3.8, 4) is 11.3 Å². The highest BCUT2D eigenvalue weighted by molar-refractivity contribution is 6.06. The average molecular weight is 289 g/mol. The largest absolute Gasteiger partial charge is 0.366 e. The Bertz CT molecular complexity index is 911. The van der Waals surface area contributed by atoms with Crippen LogP contribution in [0.3, 0.4) is 0 Å². The molecule has 2 N–H and O–H groups in total. The molecule has 0 unspecified atom stereocenters. The number of aromatic nitrogens is 1. The van der Waals surface area contributed by atoms with Gasteiger partial charge in [0, 0.05) is 10.9 Å². The molecule has 2 aromatic carbocycles. The minimum atomic E-state index is -0.498.